The molecule has 1 saturated heterocycles. The summed E-state index contributed by atoms with van der Waals surface area (Å²) in [6, 6.07) is 19.4. The number of likely N-dealkylation sites (tertiary alicyclic amines) is 1. The molecule has 178 valence electrons. The molecule has 0 radical (unpaired) electrons. The summed E-state index contributed by atoms with van der Waals surface area (Å²) in [7, 11) is 0.403. The Labute approximate surface area is 201 Å². The van der Waals surface area contributed by atoms with E-state index in [1.165, 1.54) is 4.90 Å². The van der Waals surface area contributed by atoms with Gasteiger partial charge in [0, 0.05) is 6.04 Å². The van der Waals surface area contributed by atoms with Gasteiger partial charge in [0.05, 0.1) is 5.41 Å². The van der Waals surface area contributed by atoms with Crippen LogP contribution in [-0.2, 0) is 19.6 Å². The van der Waals surface area contributed by atoms with E-state index in [-0.39, 0.29) is 17.4 Å². The van der Waals surface area contributed by atoms with Gasteiger partial charge in [-0.25, -0.2) is 9.69 Å². The van der Waals surface area contributed by atoms with Crippen LogP contribution in [0, 0.1) is 10.8 Å². The Morgan fingerprint density at radius 2 is 1.39 bits per heavy atom. The average Bonchev–Trinajstić information content (AvgIpc) is 3.02. The fourth-order valence-corrected chi connectivity index (χ4v) is 6.01. The molecule has 1 heterocycles. The molecule has 2 atom stereocenters. The van der Waals surface area contributed by atoms with Crippen molar-refractivity contribution in [3.8, 4) is 0 Å². The molecule has 3 rings (SSSR count). The van der Waals surface area contributed by atoms with E-state index in [2.05, 4.69) is 20.8 Å². The average molecular weight is 468 g/mol. The summed E-state index contributed by atoms with van der Waals surface area (Å²) in [5.41, 5.74) is -1.29. The minimum Gasteiger partial charge on any atom is -0.443 e. The molecule has 6 heteroatoms. The van der Waals surface area contributed by atoms with Gasteiger partial charge in [-0.3, -0.25) is 4.79 Å². The quantitative estimate of drug-likeness (QED) is 0.605. The van der Waals surface area contributed by atoms with Crippen LogP contribution in [0.15, 0.2) is 60.7 Å². The van der Waals surface area contributed by atoms with Gasteiger partial charge in [-0.2, -0.15) is 0 Å². The summed E-state index contributed by atoms with van der Waals surface area (Å²) in [4.78, 5) is 29.0. The Balaban J connectivity index is 2.26. The Morgan fingerprint density at radius 1 is 0.939 bits per heavy atom. The number of hydrogen-bond donors (Lipinski definition) is 0. The van der Waals surface area contributed by atoms with Gasteiger partial charge < -0.3 is 9.16 Å². The second kappa shape index (κ2) is 8.73. The van der Waals surface area contributed by atoms with Crippen LogP contribution in [0.3, 0.4) is 0 Å². The number of benzene rings is 2. The van der Waals surface area contributed by atoms with Crippen molar-refractivity contribution in [2.75, 3.05) is 0 Å². The molecule has 0 spiro atoms. The number of imide groups is 1. The molecule has 2 unspecified atom stereocenters. The molecule has 1 aliphatic heterocycles. The molecule has 0 aromatic heterocycles. The maximum atomic E-state index is 14.3. The van der Waals surface area contributed by atoms with E-state index in [0.717, 1.165) is 11.1 Å². The summed E-state index contributed by atoms with van der Waals surface area (Å²) in [5.74, 6) is -0.264. The van der Waals surface area contributed by atoms with Crippen LogP contribution >= 0.6 is 0 Å². The molecular formula is C27H37NO4Si. The highest BCUT2D eigenvalue weighted by Gasteiger charge is 2.65. The van der Waals surface area contributed by atoms with E-state index >= 15 is 0 Å². The summed E-state index contributed by atoms with van der Waals surface area (Å²) in [6.45, 7) is 13.6. The van der Waals surface area contributed by atoms with Crippen LogP contribution in [0.25, 0.3) is 0 Å². The maximum Gasteiger partial charge on any atom is 0.417 e. The maximum absolute atomic E-state index is 14.3. The second-order valence-corrected chi connectivity index (χ2v) is 11.6. The highest BCUT2D eigenvalue weighted by molar-refractivity contribution is 6.02. The van der Waals surface area contributed by atoms with Gasteiger partial charge in [0.2, 0.25) is 5.91 Å². The van der Waals surface area contributed by atoms with E-state index in [1.54, 1.807) is 0 Å². The van der Waals surface area contributed by atoms with Gasteiger partial charge in [-0.05, 0) is 50.7 Å². The van der Waals surface area contributed by atoms with Crippen molar-refractivity contribution in [1.82, 2.24) is 4.90 Å². The zero-order valence-electron chi connectivity index (χ0n) is 21.1. The molecular weight excluding hydrogens is 430 g/mol. The van der Waals surface area contributed by atoms with E-state index in [9.17, 15) is 9.59 Å². The van der Waals surface area contributed by atoms with Gasteiger partial charge in [-0.15, -0.1) is 0 Å². The van der Waals surface area contributed by atoms with E-state index < -0.39 is 22.7 Å². The zero-order valence-corrected chi connectivity index (χ0v) is 23.1. The molecule has 0 N–H and O–H groups in total. The first kappa shape index (κ1) is 25.2. The van der Waals surface area contributed by atoms with E-state index in [1.807, 2.05) is 88.4 Å². The number of amides is 2. The normalized spacial score (nSPS) is 22.0. The van der Waals surface area contributed by atoms with Crippen LogP contribution < -0.4 is 0 Å². The smallest absolute Gasteiger partial charge is 0.417 e. The molecule has 0 aliphatic carbocycles. The second-order valence-electron chi connectivity index (χ2n) is 11.2. The van der Waals surface area contributed by atoms with Crippen molar-refractivity contribution >= 4 is 22.5 Å². The summed E-state index contributed by atoms with van der Waals surface area (Å²) >= 11 is 0. The van der Waals surface area contributed by atoms with Crippen LogP contribution in [0.5, 0.6) is 0 Å². The third-order valence-electron chi connectivity index (χ3n) is 6.64. The lowest BCUT2D eigenvalue weighted by molar-refractivity contribution is -0.144. The predicted molar refractivity (Wildman–Crippen MR) is 134 cm³/mol. The fourth-order valence-electron chi connectivity index (χ4n) is 5.09. The summed E-state index contributed by atoms with van der Waals surface area (Å²) in [5, 5.41) is 0. The van der Waals surface area contributed by atoms with Crippen molar-refractivity contribution in [2.45, 2.75) is 72.1 Å². The van der Waals surface area contributed by atoms with Gasteiger partial charge in [0.25, 0.3) is 0 Å². The molecule has 2 amide bonds. The minimum absolute atomic E-state index is 0.264. The van der Waals surface area contributed by atoms with Crippen molar-refractivity contribution in [2.24, 2.45) is 10.8 Å². The minimum atomic E-state index is -1.03. The van der Waals surface area contributed by atoms with Crippen molar-refractivity contribution in [3.63, 3.8) is 0 Å². The van der Waals surface area contributed by atoms with Gasteiger partial charge in [0.15, 0.2) is 0 Å². The number of carbonyl (C=O) groups excluding carboxylic acids is 2. The monoisotopic (exact) mass is 467 g/mol. The topological polar surface area (TPSA) is 55.8 Å². The Hall–Kier alpha value is -2.44. The Bertz CT molecular complexity index is 955. The Morgan fingerprint density at radius 3 is 1.76 bits per heavy atom. The lowest BCUT2D eigenvalue weighted by Crippen LogP contribution is -2.53. The fraction of sp³-hybridized carbons (Fsp3) is 0.481. The predicted octanol–water partition coefficient (Wildman–Crippen LogP) is 4.82. The molecule has 2 aromatic carbocycles. The largest absolute Gasteiger partial charge is 0.443 e. The van der Waals surface area contributed by atoms with Crippen molar-refractivity contribution in [1.29, 1.82) is 0 Å². The van der Waals surface area contributed by atoms with Crippen LogP contribution in [-0.4, -0.2) is 39.0 Å². The third kappa shape index (κ3) is 4.38. The highest BCUT2D eigenvalue weighted by Crippen LogP contribution is 2.57. The molecule has 5 nitrogen and oxygen atoms in total. The standard InChI is InChI=1S/C27H37NO4Si/c1-24(2,3)21-18-26(7,22(29)28(21)23(30)31-25(4,5)6)27(32-33,19-14-10-8-11-15-19)20-16-12-9-13-17-20/h8-17,21H,18H2,1-7,33H3. The number of hydrogen-bond acceptors (Lipinski definition) is 4. The Kier molecular flexibility index (Phi) is 6.66. The van der Waals surface area contributed by atoms with Crippen LogP contribution in [0.4, 0.5) is 4.79 Å². The lowest BCUT2D eigenvalue weighted by Gasteiger charge is -2.46. The molecule has 1 fully saturated rings. The van der Waals surface area contributed by atoms with Crippen molar-refractivity contribution in [3.05, 3.63) is 71.8 Å². The molecule has 33 heavy (non-hydrogen) atoms. The van der Waals surface area contributed by atoms with Gasteiger partial charge in [-0.1, -0.05) is 81.4 Å². The molecule has 1 aliphatic rings. The van der Waals surface area contributed by atoms with Gasteiger partial charge in [0.1, 0.15) is 21.7 Å². The molecule has 0 bridgehead atoms. The summed E-state index contributed by atoms with van der Waals surface area (Å²) in [6.07, 6.45) is -0.139. The highest BCUT2D eigenvalue weighted by atomic mass is 28.2. The first-order valence-corrected chi connectivity index (χ1v) is 12.3. The van der Waals surface area contributed by atoms with E-state index in [4.69, 9.17) is 9.16 Å². The number of carbonyl (C=O) groups is 2. The first-order chi connectivity index (χ1) is 15.3. The zero-order chi connectivity index (χ0) is 24.7. The van der Waals surface area contributed by atoms with Crippen molar-refractivity contribution < 1.29 is 18.8 Å². The van der Waals surface area contributed by atoms with Gasteiger partial charge >= 0.3 is 6.09 Å². The number of ether oxygens (including phenoxy) is 1. The SMILES string of the molecule is CC(C)(C)OC(=O)N1C(=O)C(C)(C(O[SiH3])(c2ccccc2)c2ccccc2)CC1C(C)(C)C. The first-order valence-electron chi connectivity index (χ1n) is 11.5. The lowest BCUT2D eigenvalue weighted by atomic mass is 9.63. The van der Waals surface area contributed by atoms with E-state index in [0.29, 0.717) is 16.9 Å². The summed E-state index contributed by atoms with van der Waals surface area (Å²) < 4.78 is 12.2. The third-order valence-corrected chi connectivity index (χ3v) is 7.25. The molecule has 0 saturated carbocycles. The number of rotatable bonds is 4. The van der Waals surface area contributed by atoms with Crippen LogP contribution in [0.1, 0.15) is 66.0 Å². The number of nitrogens with zero attached hydrogens (tertiary/aromatic N) is 1. The molecule has 2 aromatic rings. The van der Waals surface area contributed by atoms with Crippen LogP contribution in [0.2, 0.25) is 0 Å².